The summed E-state index contributed by atoms with van der Waals surface area (Å²) in [6.07, 6.45) is 3.39. The van der Waals surface area contributed by atoms with E-state index >= 15 is 0 Å². The first-order valence-corrected chi connectivity index (χ1v) is 8.47. The van der Waals surface area contributed by atoms with E-state index in [1.165, 1.54) is 23.0 Å². The zero-order valence-corrected chi connectivity index (χ0v) is 14.5. The maximum Gasteiger partial charge on any atom is 0.283 e. The van der Waals surface area contributed by atoms with Gasteiger partial charge in [-0.1, -0.05) is 25.5 Å². The number of unbranched alkanes of at least 4 members (excludes halogenated alkanes) is 1. The van der Waals surface area contributed by atoms with E-state index in [1.807, 2.05) is 6.92 Å². The average Bonchev–Trinajstić information content (AvgIpc) is 2.98. The van der Waals surface area contributed by atoms with Crippen LogP contribution in [0.4, 0.5) is 4.39 Å². The predicted octanol–water partition coefficient (Wildman–Crippen LogP) is 2.75. The van der Waals surface area contributed by atoms with Gasteiger partial charge in [0.1, 0.15) is 12.1 Å². The Hall–Kier alpha value is -3.16. The van der Waals surface area contributed by atoms with Crippen LogP contribution in [0.25, 0.3) is 27.9 Å². The molecule has 0 aliphatic rings. The molecule has 26 heavy (non-hydrogen) atoms. The summed E-state index contributed by atoms with van der Waals surface area (Å²) in [6, 6.07) is 6.11. The molecule has 132 valence electrons. The molecule has 0 aliphatic heterocycles. The molecule has 1 aromatic carbocycles. The summed E-state index contributed by atoms with van der Waals surface area (Å²) >= 11 is 0. The molecule has 0 fully saturated rings. The van der Waals surface area contributed by atoms with Crippen molar-refractivity contribution in [2.45, 2.75) is 33.2 Å². The van der Waals surface area contributed by atoms with Crippen molar-refractivity contribution >= 4 is 16.8 Å². The number of benzene rings is 1. The molecule has 3 aromatic heterocycles. The number of hydrogen-bond acceptors (Lipinski definition) is 5. The van der Waals surface area contributed by atoms with E-state index in [0.717, 1.165) is 24.0 Å². The third kappa shape index (κ3) is 2.54. The van der Waals surface area contributed by atoms with Crippen LogP contribution in [0.2, 0.25) is 0 Å². The second-order valence-electron chi connectivity index (χ2n) is 6.17. The highest BCUT2D eigenvalue weighted by atomic mass is 19.1. The summed E-state index contributed by atoms with van der Waals surface area (Å²) in [5.41, 5.74) is 3.04. The van der Waals surface area contributed by atoms with Crippen molar-refractivity contribution in [1.29, 1.82) is 0 Å². The lowest BCUT2D eigenvalue weighted by atomic mass is 10.1. The molecule has 7 nitrogen and oxygen atoms in total. The van der Waals surface area contributed by atoms with Gasteiger partial charge in [0, 0.05) is 6.54 Å². The minimum atomic E-state index is -0.311. The first-order chi connectivity index (χ1) is 12.6. The Balaban J connectivity index is 1.94. The minimum absolute atomic E-state index is 0.184. The lowest BCUT2D eigenvalue weighted by Crippen LogP contribution is -2.23. The molecule has 0 atom stereocenters. The van der Waals surface area contributed by atoms with Gasteiger partial charge in [0.15, 0.2) is 16.8 Å². The quantitative estimate of drug-likeness (QED) is 0.564. The number of aryl methyl sites for hydroxylation is 2. The highest BCUT2D eigenvalue weighted by Gasteiger charge is 2.18. The van der Waals surface area contributed by atoms with Crippen LogP contribution in [0.5, 0.6) is 0 Å². The lowest BCUT2D eigenvalue weighted by Gasteiger charge is -2.05. The largest absolute Gasteiger partial charge is 0.297 e. The molecule has 0 aliphatic carbocycles. The normalized spacial score (nSPS) is 11.5. The van der Waals surface area contributed by atoms with E-state index in [1.54, 1.807) is 16.7 Å². The average molecular weight is 352 g/mol. The molecule has 0 spiro atoms. The monoisotopic (exact) mass is 352 g/mol. The van der Waals surface area contributed by atoms with Gasteiger partial charge in [-0.05, 0) is 31.0 Å². The van der Waals surface area contributed by atoms with Gasteiger partial charge in [-0.25, -0.2) is 9.37 Å². The molecule has 8 heteroatoms. The summed E-state index contributed by atoms with van der Waals surface area (Å²) in [4.78, 5) is 17.0. The number of halogens is 1. The maximum absolute atomic E-state index is 13.2. The van der Waals surface area contributed by atoms with Crippen LogP contribution in [0.1, 0.15) is 25.5 Å². The molecule has 0 saturated heterocycles. The maximum atomic E-state index is 13.2. The Kier molecular flexibility index (Phi) is 3.95. The Morgan fingerprint density at radius 2 is 1.88 bits per heavy atom. The molecule has 0 amide bonds. The van der Waals surface area contributed by atoms with E-state index in [4.69, 9.17) is 0 Å². The van der Waals surface area contributed by atoms with Crippen LogP contribution in [0.15, 0.2) is 35.4 Å². The van der Waals surface area contributed by atoms with Gasteiger partial charge < -0.3 is 0 Å². The van der Waals surface area contributed by atoms with Crippen molar-refractivity contribution in [3.8, 4) is 11.1 Å². The summed E-state index contributed by atoms with van der Waals surface area (Å²) in [6.45, 7) is 4.49. The van der Waals surface area contributed by atoms with Gasteiger partial charge in [-0.3, -0.25) is 9.36 Å². The zero-order valence-electron chi connectivity index (χ0n) is 14.5. The first-order valence-electron chi connectivity index (χ1n) is 8.47. The third-order valence-electron chi connectivity index (χ3n) is 4.36. The number of nitrogens with zero attached hydrogens (tertiary/aromatic N) is 6. The van der Waals surface area contributed by atoms with Crippen LogP contribution in [0, 0.1) is 12.7 Å². The van der Waals surface area contributed by atoms with Crippen LogP contribution in [-0.2, 0) is 6.54 Å². The standard InChI is InChI=1S/C18H17FN6O/c1-3-4-9-24-10-20-17-15(18(24)26)21-22-16-14(11(2)23-25(16)17)12-5-7-13(19)8-6-12/h5-8,10H,3-4,9H2,1-2H3. The Morgan fingerprint density at radius 1 is 1.12 bits per heavy atom. The van der Waals surface area contributed by atoms with E-state index < -0.39 is 0 Å². The lowest BCUT2D eigenvalue weighted by molar-refractivity contribution is 0.605. The highest BCUT2D eigenvalue weighted by Crippen LogP contribution is 2.27. The fourth-order valence-electron chi connectivity index (χ4n) is 3.01. The molecule has 0 bridgehead atoms. The Morgan fingerprint density at radius 3 is 2.62 bits per heavy atom. The number of hydrogen-bond donors (Lipinski definition) is 0. The summed E-state index contributed by atoms with van der Waals surface area (Å²) < 4.78 is 16.3. The van der Waals surface area contributed by atoms with E-state index in [-0.39, 0.29) is 16.9 Å². The van der Waals surface area contributed by atoms with Gasteiger partial charge in [0.2, 0.25) is 0 Å². The molecule has 0 radical (unpaired) electrons. The Bertz CT molecular complexity index is 1160. The number of aromatic nitrogens is 6. The van der Waals surface area contributed by atoms with Crippen LogP contribution >= 0.6 is 0 Å². The van der Waals surface area contributed by atoms with Gasteiger partial charge >= 0.3 is 0 Å². The zero-order chi connectivity index (χ0) is 18.3. The molecular formula is C18H17FN6O. The van der Waals surface area contributed by atoms with Gasteiger partial charge in [0.05, 0.1) is 11.3 Å². The molecule has 0 unspecified atom stereocenters. The Labute approximate surface area is 148 Å². The second kappa shape index (κ2) is 6.29. The smallest absolute Gasteiger partial charge is 0.283 e. The van der Waals surface area contributed by atoms with Crippen LogP contribution in [-0.4, -0.2) is 29.4 Å². The summed E-state index contributed by atoms with van der Waals surface area (Å²) in [5.74, 6) is -0.311. The van der Waals surface area contributed by atoms with Crippen molar-refractivity contribution in [1.82, 2.24) is 29.4 Å². The fraction of sp³-hybridized carbons (Fsp3) is 0.278. The minimum Gasteiger partial charge on any atom is -0.297 e. The topological polar surface area (TPSA) is 78.0 Å². The summed E-state index contributed by atoms with van der Waals surface area (Å²) in [5, 5.41) is 12.8. The van der Waals surface area contributed by atoms with E-state index in [9.17, 15) is 9.18 Å². The van der Waals surface area contributed by atoms with Crippen LogP contribution in [0.3, 0.4) is 0 Å². The number of rotatable bonds is 4. The molecule has 4 rings (SSSR count). The van der Waals surface area contributed by atoms with Crippen molar-refractivity contribution in [3.05, 3.63) is 52.5 Å². The van der Waals surface area contributed by atoms with Crippen molar-refractivity contribution in [2.75, 3.05) is 0 Å². The van der Waals surface area contributed by atoms with Crippen molar-refractivity contribution in [2.24, 2.45) is 0 Å². The first kappa shape index (κ1) is 16.3. The molecule has 0 saturated carbocycles. The fourth-order valence-corrected chi connectivity index (χ4v) is 3.01. The number of fused-ring (bicyclic) bond motifs is 3. The van der Waals surface area contributed by atoms with Crippen molar-refractivity contribution in [3.63, 3.8) is 0 Å². The van der Waals surface area contributed by atoms with E-state index in [2.05, 4.69) is 27.2 Å². The third-order valence-corrected chi connectivity index (χ3v) is 4.36. The predicted molar refractivity (Wildman–Crippen MR) is 95.4 cm³/mol. The SMILES string of the molecule is CCCCn1cnc2c(nnc3c(-c4ccc(F)cc4)c(C)nn32)c1=O. The highest BCUT2D eigenvalue weighted by molar-refractivity contribution is 5.83. The van der Waals surface area contributed by atoms with Gasteiger partial charge in [-0.2, -0.15) is 9.61 Å². The van der Waals surface area contributed by atoms with Gasteiger partial charge in [0.25, 0.3) is 5.56 Å². The molecule has 4 aromatic rings. The second-order valence-corrected chi connectivity index (χ2v) is 6.17. The molecular weight excluding hydrogens is 335 g/mol. The van der Waals surface area contributed by atoms with Gasteiger partial charge in [-0.15, -0.1) is 10.2 Å². The molecule has 3 heterocycles. The van der Waals surface area contributed by atoms with Crippen molar-refractivity contribution < 1.29 is 4.39 Å². The summed E-state index contributed by atoms with van der Waals surface area (Å²) in [7, 11) is 0. The van der Waals surface area contributed by atoms with E-state index in [0.29, 0.717) is 23.5 Å². The van der Waals surface area contributed by atoms with Crippen LogP contribution < -0.4 is 5.56 Å². The molecule has 0 N–H and O–H groups in total.